The van der Waals surface area contributed by atoms with Gasteiger partial charge in [0.25, 0.3) is 5.91 Å². The van der Waals surface area contributed by atoms with Crippen molar-refractivity contribution < 1.29 is 14.3 Å². The van der Waals surface area contributed by atoms with Crippen molar-refractivity contribution in [2.45, 2.75) is 6.54 Å². The van der Waals surface area contributed by atoms with E-state index in [4.69, 9.17) is 10.5 Å². The number of nitrogens with one attached hydrogen (secondary N) is 2. The Labute approximate surface area is 139 Å². The highest BCUT2D eigenvalue weighted by atomic mass is 16.5. The van der Waals surface area contributed by atoms with Crippen LogP contribution in [0.25, 0.3) is 6.08 Å². The number of fused-ring (bicyclic) bond motifs is 1. The van der Waals surface area contributed by atoms with E-state index in [1.807, 2.05) is 42.5 Å². The number of anilines is 1. The maximum atomic E-state index is 12.3. The van der Waals surface area contributed by atoms with Crippen LogP contribution in [0.2, 0.25) is 0 Å². The first-order valence-electron chi connectivity index (χ1n) is 7.48. The number of hydrogen-bond acceptors (Lipinski definition) is 3. The van der Waals surface area contributed by atoms with E-state index in [0.29, 0.717) is 17.8 Å². The number of carbonyl (C=O) groups is 2. The summed E-state index contributed by atoms with van der Waals surface area (Å²) in [7, 11) is 0. The molecule has 0 spiro atoms. The van der Waals surface area contributed by atoms with Crippen LogP contribution in [0.15, 0.2) is 54.1 Å². The van der Waals surface area contributed by atoms with Gasteiger partial charge in [-0.1, -0.05) is 30.3 Å². The summed E-state index contributed by atoms with van der Waals surface area (Å²) in [5, 5.41) is 5.34. The Balaban J connectivity index is 1.60. The van der Waals surface area contributed by atoms with Gasteiger partial charge in [-0.25, -0.2) is 4.79 Å². The van der Waals surface area contributed by atoms with Gasteiger partial charge < -0.3 is 21.1 Å². The molecule has 1 heterocycles. The monoisotopic (exact) mass is 323 g/mol. The Morgan fingerprint density at radius 1 is 1.08 bits per heavy atom. The SMILES string of the molecule is NC(=O)Nc1ccc(CNC(=O)C2=Cc3ccccc3OC2)cc1. The van der Waals surface area contributed by atoms with Crippen LogP contribution < -0.4 is 21.1 Å². The Morgan fingerprint density at radius 2 is 1.83 bits per heavy atom. The summed E-state index contributed by atoms with van der Waals surface area (Å²) < 4.78 is 5.58. The molecule has 0 atom stereocenters. The molecule has 0 aliphatic carbocycles. The molecule has 0 saturated carbocycles. The van der Waals surface area contributed by atoms with Gasteiger partial charge >= 0.3 is 6.03 Å². The third-order valence-electron chi connectivity index (χ3n) is 3.60. The maximum absolute atomic E-state index is 12.3. The minimum atomic E-state index is -0.611. The van der Waals surface area contributed by atoms with Gasteiger partial charge in [-0.3, -0.25) is 4.79 Å². The van der Waals surface area contributed by atoms with Gasteiger partial charge in [0, 0.05) is 17.8 Å². The highest BCUT2D eigenvalue weighted by Gasteiger charge is 2.16. The molecule has 0 aromatic heterocycles. The molecule has 0 bridgehead atoms. The van der Waals surface area contributed by atoms with Crippen molar-refractivity contribution in [1.29, 1.82) is 0 Å². The van der Waals surface area contributed by atoms with Crippen molar-refractivity contribution in [3.63, 3.8) is 0 Å². The fraction of sp³-hybridized carbons (Fsp3) is 0.111. The molecule has 2 aromatic carbocycles. The molecule has 4 N–H and O–H groups in total. The fourth-order valence-electron chi connectivity index (χ4n) is 2.39. The molecule has 0 unspecified atom stereocenters. The van der Waals surface area contributed by atoms with Crippen LogP contribution in [-0.4, -0.2) is 18.5 Å². The fourth-order valence-corrected chi connectivity index (χ4v) is 2.39. The number of rotatable bonds is 4. The summed E-state index contributed by atoms with van der Waals surface area (Å²) in [6, 6.07) is 14.1. The number of amides is 3. The lowest BCUT2D eigenvalue weighted by molar-refractivity contribution is -0.117. The standard InChI is InChI=1S/C18H17N3O3/c19-18(23)21-15-7-5-12(6-8-15)10-20-17(22)14-9-13-3-1-2-4-16(13)24-11-14/h1-9H,10-11H2,(H,20,22)(H3,19,21,23). The molecular weight excluding hydrogens is 306 g/mol. The zero-order valence-corrected chi connectivity index (χ0v) is 12.9. The van der Waals surface area contributed by atoms with E-state index in [1.165, 1.54) is 0 Å². The average molecular weight is 323 g/mol. The predicted octanol–water partition coefficient (Wildman–Crippen LogP) is 2.27. The summed E-state index contributed by atoms with van der Waals surface area (Å²) in [4.78, 5) is 23.0. The summed E-state index contributed by atoms with van der Waals surface area (Å²) in [6.45, 7) is 0.638. The van der Waals surface area contributed by atoms with E-state index in [1.54, 1.807) is 12.1 Å². The van der Waals surface area contributed by atoms with Crippen LogP contribution in [0.1, 0.15) is 11.1 Å². The van der Waals surface area contributed by atoms with E-state index in [0.717, 1.165) is 16.9 Å². The molecular formula is C18H17N3O3. The molecule has 2 aromatic rings. The molecule has 0 fully saturated rings. The second kappa shape index (κ2) is 6.87. The lowest BCUT2D eigenvalue weighted by Gasteiger charge is -2.17. The number of nitrogens with two attached hydrogens (primary N) is 1. The van der Waals surface area contributed by atoms with Gasteiger partial charge in [-0.2, -0.15) is 0 Å². The van der Waals surface area contributed by atoms with Crippen molar-refractivity contribution in [2.24, 2.45) is 5.73 Å². The van der Waals surface area contributed by atoms with Crippen molar-refractivity contribution in [3.8, 4) is 5.75 Å². The predicted molar refractivity (Wildman–Crippen MR) is 91.4 cm³/mol. The van der Waals surface area contributed by atoms with Crippen molar-refractivity contribution >= 4 is 23.7 Å². The Morgan fingerprint density at radius 3 is 2.58 bits per heavy atom. The van der Waals surface area contributed by atoms with E-state index >= 15 is 0 Å². The van der Waals surface area contributed by atoms with Crippen LogP contribution in [0.5, 0.6) is 5.75 Å². The minimum Gasteiger partial charge on any atom is -0.488 e. The molecule has 1 aliphatic heterocycles. The lowest BCUT2D eigenvalue weighted by atomic mass is 10.1. The first kappa shape index (κ1) is 15.6. The smallest absolute Gasteiger partial charge is 0.316 e. The second-order valence-electron chi connectivity index (χ2n) is 5.36. The zero-order valence-electron chi connectivity index (χ0n) is 12.9. The third-order valence-corrected chi connectivity index (χ3v) is 3.60. The number of hydrogen-bond donors (Lipinski definition) is 3. The van der Waals surface area contributed by atoms with Gasteiger partial charge in [0.05, 0.1) is 5.57 Å². The van der Waals surface area contributed by atoms with Crippen LogP contribution in [0, 0.1) is 0 Å². The Kier molecular flexibility index (Phi) is 4.47. The van der Waals surface area contributed by atoms with Gasteiger partial charge in [-0.15, -0.1) is 0 Å². The molecule has 3 rings (SSSR count). The quantitative estimate of drug-likeness (QED) is 0.805. The molecule has 122 valence electrons. The number of urea groups is 1. The first-order chi connectivity index (χ1) is 11.6. The number of para-hydroxylation sites is 1. The van der Waals surface area contributed by atoms with Crippen LogP contribution >= 0.6 is 0 Å². The molecule has 0 saturated heterocycles. The summed E-state index contributed by atoms with van der Waals surface area (Å²) in [6.07, 6.45) is 1.84. The topological polar surface area (TPSA) is 93.5 Å². The summed E-state index contributed by atoms with van der Waals surface area (Å²) in [5.74, 6) is 0.621. The first-order valence-corrected chi connectivity index (χ1v) is 7.48. The molecule has 6 heteroatoms. The van der Waals surface area contributed by atoms with E-state index < -0.39 is 6.03 Å². The van der Waals surface area contributed by atoms with Crippen molar-refractivity contribution in [1.82, 2.24) is 5.32 Å². The summed E-state index contributed by atoms with van der Waals surface area (Å²) in [5.41, 5.74) is 8.06. The largest absolute Gasteiger partial charge is 0.488 e. The second-order valence-corrected chi connectivity index (χ2v) is 5.36. The van der Waals surface area contributed by atoms with E-state index in [-0.39, 0.29) is 12.5 Å². The average Bonchev–Trinajstić information content (AvgIpc) is 2.60. The van der Waals surface area contributed by atoms with Gasteiger partial charge in [0.15, 0.2) is 0 Å². The molecule has 3 amide bonds. The van der Waals surface area contributed by atoms with Crippen LogP contribution in [-0.2, 0) is 11.3 Å². The Bertz CT molecular complexity index is 797. The normalized spacial score (nSPS) is 12.4. The van der Waals surface area contributed by atoms with Gasteiger partial charge in [0.2, 0.25) is 0 Å². The van der Waals surface area contributed by atoms with E-state index in [2.05, 4.69) is 10.6 Å². The minimum absolute atomic E-state index is 0.163. The number of carbonyl (C=O) groups excluding carboxylic acids is 2. The van der Waals surface area contributed by atoms with E-state index in [9.17, 15) is 9.59 Å². The summed E-state index contributed by atoms with van der Waals surface area (Å²) >= 11 is 0. The number of ether oxygens (including phenoxy) is 1. The highest BCUT2D eigenvalue weighted by Crippen LogP contribution is 2.25. The molecule has 24 heavy (non-hydrogen) atoms. The maximum Gasteiger partial charge on any atom is 0.316 e. The zero-order chi connectivity index (χ0) is 16.9. The third kappa shape index (κ3) is 3.73. The lowest BCUT2D eigenvalue weighted by Crippen LogP contribution is -2.28. The number of primary amides is 1. The van der Waals surface area contributed by atoms with Crippen LogP contribution in [0.4, 0.5) is 10.5 Å². The number of benzene rings is 2. The molecule has 6 nitrogen and oxygen atoms in total. The Hall–Kier alpha value is -3.28. The van der Waals surface area contributed by atoms with Gasteiger partial charge in [0.1, 0.15) is 12.4 Å². The highest BCUT2D eigenvalue weighted by molar-refractivity contribution is 5.99. The van der Waals surface area contributed by atoms with Crippen LogP contribution in [0.3, 0.4) is 0 Å². The van der Waals surface area contributed by atoms with Crippen molar-refractivity contribution in [3.05, 3.63) is 65.2 Å². The van der Waals surface area contributed by atoms with Crippen molar-refractivity contribution in [2.75, 3.05) is 11.9 Å². The molecule has 1 aliphatic rings. The van der Waals surface area contributed by atoms with Gasteiger partial charge in [-0.05, 0) is 29.8 Å². The molecule has 0 radical (unpaired) electrons.